The lowest BCUT2D eigenvalue weighted by Gasteiger charge is -2.51. The Kier molecular flexibility index (Phi) is 3.06. The van der Waals surface area contributed by atoms with E-state index in [0.29, 0.717) is 12.1 Å². The average molecular weight is 212 g/mol. The Bertz CT molecular complexity index is 224. The second kappa shape index (κ2) is 4.04. The first-order valence-corrected chi connectivity index (χ1v) is 6.05. The third-order valence-electron chi connectivity index (χ3n) is 3.89. The summed E-state index contributed by atoms with van der Waals surface area (Å²) in [6.07, 6.45) is 2.95. The van der Waals surface area contributed by atoms with E-state index in [1.807, 2.05) is 7.11 Å². The van der Waals surface area contributed by atoms with Gasteiger partial charge in [-0.2, -0.15) is 0 Å². The minimum Gasteiger partial charge on any atom is -0.381 e. The van der Waals surface area contributed by atoms with Crippen molar-refractivity contribution in [1.82, 2.24) is 10.2 Å². The molecule has 0 amide bonds. The molecule has 1 saturated heterocycles. The van der Waals surface area contributed by atoms with E-state index in [2.05, 4.69) is 31.0 Å². The first kappa shape index (κ1) is 11.4. The van der Waals surface area contributed by atoms with E-state index in [0.717, 1.165) is 19.1 Å². The highest BCUT2D eigenvalue weighted by Gasteiger charge is 2.40. The van der Waals surface area contributed by atoms with Crippen molar-refractivity contribution < 1.29 is 4.74 Å². The number of piperazine rings is 1. The number of ether oxygens (including phenoxy) is 1. The van der Waals surface area contributed by atoms with Crippen molar-refractivity contribution in [3.8, 4) is 0 Å². The maximum atomic E-state index is 5.35. The van der Waals surface area contributed by atoms with Crippen LogP contribution in [0.15, 0.2) is 0 Å². The molecule has 2 fully saturated rings. The average Bonchev–Trinajstić information content (AvgIpc) is 2.09. The lowest BCUT2D eigenvalue weighted by Crippen LogP contribution is -2.65. The minimum atomic E-state index is 0.269. The van der Waals surface area contributed by atoms with Crippen LogP contribution in [0.3, 0.4) is 0 Å². The fourth-order valence-corrected chi connectivity index (χ4v) is 2.70. The Morgan fingerprint density at radius 1 is 1.33 bits per heavy atom. The molecule has 0 aromatic rings. The molecule has 15 heavy (non-hydrogen) atoms. The molecule has 0 spiro atoms. The van der Waals surface area contributed by atoms with Gasteiger partial charge in [0.2, 0.25) is 0 Å². The van der Waals surface area contributed by atoms with Crippen molar-refractivity contribution in [3.05, 3.63) is 0 Å². The van der Waals surface area contributed by atoms with E-state index in [-0.39, 0.29) is 5.54 Å². The zero-order chi connectivity index (χ0) is 11.1. The molecule has 0 bridgehead atoms. The van der Waals surface area contributed by atoms with E-state index in [9.17, 15) is 0 Å². The van der Waals surface area contributed by atoms with Crippen LogP contribution in [0.2, 0.25) is 0 Å². The number of methoxy groups -OCH3 is 1. The van der Waals surface area contributed by atoms with Gasteiger partial charge in [0.1, 0.15) is 0 Å². The topological polar surface area (TPSA) is 24.5 Å². The third kappa shape index (κ3) is 2.35. The normalized spacial score (nSPS) is 41.2. The molecule has 0 aromatic heterocycles. The Labute approximate surface area is 93.2 Å². The van der Waals surface area contributed by atoms with Gasteiger partial charge in [0, 0.05) is 37.8 Å². The Morgan fingerprint density at radius 2 is 2.00 bits per heavy atom. The van der Waals surface area contributed by atoms with E-state index in [1.165, 1.54) is 12.8 Å². The lowest BCUT2D eigenvalue weighted by atomic mass is 9.84. The van der Waals surface area contributed by atoms with Gasteiger partial charge in [-0.25, -0.2) is 0 Å². The van der Waals surface area contributed by atoms with Gasteiger partial charge < -0.3 is 10.1 Å². The van der Waals surface area contributed by atoms with Crippen LogP contribution in [0.4, 0.5) is 0 Å². The molecule has 88 valence electrons. The van der Waals surface area contributed by atoms with Crippen LogP contribution in [0, 0.1) is 0 Å². The predicted molar refractivity (Wildman–Crippen MR) is 62.1 cm³/mol. The fraction of sp³-hybridized carbons (Fsp3) is 1.00. The number of hydrogen-bond donors (Lipinski definition) is 1. The zero-order valence-corrected chi connectivity index (χ0v) is 10.4. The first-order valence-electron chi connectivity index (χ1n) is 6.05. The second-order valence-corrected chi connectivity index (χ2v) is 5.77. The van der Waals surface area contributed by atoms with Crippen molar-refractivity contribution in [2.75, 3.05) is 20.2 Å². The molecule has 3 nitrogen and oxygen atoms in total. The molecule has 0 radical (unpaired) electrons. The third-order valence-corrected chi connectivity index (χ3v) is 3.89. The molecular formula is C12H24N2O. The number of hydrogen-bond acceptors (Lipinski definition) is 3. The maximum absolute atomic E-state index is 5.35. The van der Waals surface area contributed by atoms with Crippen molar-refractivity contribution in [2.24, 2.45) is 0 Å². The molecule has 1 aliphatic carbocycles. The van der Waals surface area contributed by atoms with Crippen LogP contribution in [-0.2, 0) is 4.74 Å². The van der Waals surface area contributed by atoms with Gasteiger partial charge in [-0.3, -0.25) is 4.90 Å². The number of nitrogens with one attached hydrogen (secondary N) is 1. The predicted octanol–water partition coefficient (Wildman–Crippen LogP) is 1.24. The molecule has 1 atom stereocenters. The second-order valence-electron chi connectivity index (χ2n) is 5.77. The molecule has 1 saturated carbocycles. The summed E-state index contributed by atoms with van der Waals surface area (Å²) in [4.78, 5) is 2.66. The van der Waals surface area contributed by atoms with Gasteiger partial charge in [-0.05, 0) is 33.6 Å². The number of rotatable bonds is 2. The molecule has 2 rings (SSSR count). The van der Waals surface area contributed by atoms with Crippen LogP contribution < -0.4 is 5.32 Å². The Hall–Kier alpha value is -0.120. The van der Waals surface area contributed by atoms with Gasteiger partial charge >= 0.3 is 0 Å². The molecular weight excluding hydrogens is 188 g/mol. The lowest BCUT2D eigenvalue weighted by molar-refractivity contribution is -0.0562. The molecule has 3 heteroatoms. The van der Waals surface area contributed by atoms with Crippen LogP contribution in [0.1, 0.15) is 33.6 Å². The smallest absolute Gasteiger partial charge is 0.0601 e. The maximum Gasteiger partial charge on any atom is 0.0601 e. The van der Waals surface area contributed by atoms with Gasteiger partial charge in [0.15, 0.2) is 0 Å². The van der Waals surface area contributed by atoms with Crippen molar-refractivity contribution in [3.63, 3.8) is 0 Å². The quantitative estimate of drug-likeness (QED) is 0.745. The summed E-state index contributed by atoms with van der Waals surface area (Å²) in [7, 11) is 1.83. The van der Waals surface area contributed by atoms with E-state index in [4.69, 9.17) is 4.74 Å². The molecule has 1 unspecified atom stereocenters. The van der Waals surface area contributed by atoms with Crippen LogP contribution in [0.5, 0.6) is 0 Å². The molecule has 1 aliphatic heterocycles. The summed E-state index contributed by atoms with van der Waals surface area (Å²) < 4.78 is 5.35. The Morgan fingerprint density at radius 3 is 2.60 bits per heavy atom. The molecule has 1 N–H and O–H groups in total. The van der Waals surface area contributed by atoms with Crippen LogP contribution in [0.25, 0.3) is 0 Å². The zero-order valence-electron chi connectivity index (χ0n) is 10.4. The summed E-state index contributed by atoms with van der Waals surface area (Å²) in [5.41, 5.74) is 0.269. The summed E-state index contributed by atoms with van der Waals surface area (Å²) >= 11 is 0. The van der Waals surface area contributed by atoms with E-state index >= 15 is 0 Å². The highest BCUT2D eigenvalue weighted by Crippen LogP contribution is 2.31. The first-order chi connectivity index (χ1) is 7.02. The fourth-order valence-electron chi connectivity index (χ4n) is 2.70. The van der Waals surface area contributed by atoms with Crippen molar-refractivity contribution >= 4 is 0 Å². The summed E-state index contributed by atoms with van der Waals surface area (Å²) in [6.45, 7) is 9.18. The molecule has 2 aliphatic rings. The van der Waals surface area contributed by atoms with Crippen molar-refractivity contribution in [2.45, 2.75) is 57.3 Å². The van der Waals surface area contributed by atoms with Crippen molar-refractivity contribution in [1.29, 1.82) is 0 Å². The van der Waals surface area contributed by atoms with Crippen LogP contribution in [-0.4, -0.2) is 48.8 Å². The minimum absolute atomic E-state index is 0.269. The van der Waals surface area contributed by atoms with Gasteiger partial charge in [-0.1, -0.05) is 0 Å². The summed E-state index contributed by atoms with van der Waals surface area (Å²) in [5, 5.41) is 3.59. The monoisotopic (exact) mass is 212 g/mol. The van der Waals surface area contributed by atoms with E-state index < -0.39 is 0 Å². The van der Waals surface area contributed by atoms with Gasteiger partial charge in [0.05, 0.1) is 6.10 Å². The van der Waals surface area contributed by atoms with Crippen LogP contribution >= 0.6 is 0 Å². The summed E-state index contributed by atoms with van der Waals surface area (Å²) in [6, 6.07) is 1.42. The molecule has 0 aromatic carbocycles. The number of nitrogens with zero attached hydrogens (tertiary/aromatic N) is 1. The van der Waals surface area contributed by atoms with Gasteiger partial charge in [-0.15, -0.1) is 0 Å². The highest BCUT2D eigenvalue weighted by atomic mass is 16.5. The molecule has 1 heterocycles. The highest BCUT2D eigenvalue weighted by molar-refractivity contribution is 4.97. The van der Waals surface area contributed by atoms with Gasteiger partial charge in [0.25, 0.3) is 0 Å². The Balaban J connectivity index is 1.90. The SMILES string of the molecule is COC1CC(N2CC(C)(C)NCC2C)C1. The summed E-state index contributed by atoms with van der Waals surface area (Å²) in [5.74, 6) is 0. The standard InChI is InChI=1S/C12H24N2O/c1-9-7-13-12(2,3)8-14(9)10-5-11(6-10)15-4/h9-11,13H,5-8H2,1-4H3. The van der Waals surface area contributed by atoms with E-state index in [1.54, 1.807) is 0 Å². The largest absolute Gasteiger partial charge is 0.381 e.